The van der Waals surface area contributed by atoms with E-state index in [1.54, 1.807) is 7.05 Å². The van der Waals surface area contributed by atoms with E-state index < -0.39 is 12.0 Å². The molecule has 5 nitrogen and oxygen atoms in total. The van der Waals surface area contributed by atoms with Crippen LogP contribution in [0.3, 0.4) is 0 Å². The number of carbonyl (C=O) groups is 2. The number of hydrogen-bond donors (Lipinski definition) is 2. The molecule has 0 aliphatic carbocycles. The number of nitrogens with zero attached hydrogens (tertiary/aromatic N) is 1. The monoisotopic (exact) mass is 236 g/mol. The van der Waals surface area contributed by atoms with Gasteiger partial charge in [0.2, 0.25) is 5.91 Å². The average Bonchev–Trinajstić information content (AvgIpc) is 2.35. The third-order valence-electron chi connectivity index (χ3n) is 2.45. The summed E-state index contributed by atoms with van der Waals surface area (Å²) in [7, 11) is 1.66. The molecule has 0 heterocycles. The van der Waals surface area contributed by atoms with Crippen molar-refractivity contribution in [2.75, 3.05) is 18.5 Å². The zero-order chi connectivity index (χ0) is 12.8. The highest BCUT2D eigenvalue weighted by atomic mass is 16.4. The van der Waals surface area contributed by atoms with Crippen LogP contribution in [0.2, 0.25) is 0 Å². The third kappa shape index (κ3) is 3.88. The maximum absolute atomic E-state index is 11.7. The van der Waals surface area contributed by atoms with Crippen LogP contribution >= 0.6 is 0 Å². The Bertz CT molecular complexity index is 392. The van der Waals surface area contributed by atoms with Gasteiger partial charge in [-0.3, -0.25) is 14.9 Å². The first-order chi connectivity index (χ1) is 8.02. The molecular weight excluding hydrogens is 220 g/mol. The van der Waals surface area contributed by atoms with Crippen molar-refractivity contribution in [3.05, 3.63) is 30.3 Å². The standard InChI is InChI=1S/C12H16N2O3/c1-9(12(16)17)13-8-11(15)14(2)10-6-4-3-5-7-10/h3-7,9,13H,8H2,1-2H3,(H,16,17). The summed E-state index contributed by atoms with van der Waals surface area (Å²) < 4.78 is 0. The second kappa shape index (κ2) is 6.00. The quantitative estimate of drug-likeness (QED) is 0.790. The molecule has 17 heavy (non-hydrogen) atoms. The van der Waals surface area contributed by atoms with Gasteiger partial charge in [-0.05, 0) is 19.1 Å². The van der Waals surface area contributed by atoms with E-state index in [1.165, 1.54) is 11.8 Å². The van der Waals surface area contributed by atoms with Crippen molar-refractivity contribution in [3.63, 3.8) is 0 Å². The minimum Gasteiger partial charge on any atom is -0.480 e. The predicted molar refractivity (Wildman–Crippen MR) is 65.0 cm³/mol. The number of carboxylic acids is 1. The number of nitrogens with one attached hydrogen (secondary N) is 1. The molecule has 0 radical (unpaired) electrons. The highest BCUT2D eigenvalue weighted by Gasteiger charge is 2.14. The molecule has 0 fully saturated rings. The minimum atomic E-state index is -0.972. The van der Waals surface area contributed by atoms with Gasteiger partial charge in [-0.15, -0.1) is 0 Å². The Kier molecular flexibility index (Phi) is 4.66. The third-order valence-corrected chi connectivity index (χ3v) is 2.45. The number of aliphatic carboxylic acids is 1. The number of rotatable bonds is 5. The number of carboxylic acid groups (broad SMARTS) is 1. The van der Waals surface area contributed by atoms with Crippen molar-refractivity contribution in [1.29, 1.82) is 0 Å². The Morgan fingerprint density at radius 2 is 1.94 bits per heavy atom. The lowest BCUT2D eigenvalue weighted by Crippen LogP contribution is -2.42. The van der Waals surface area contributed by atoms with E-state index in [9.17, 15) is 9.59 Å². The van der Waals surface area contributed by atoms with Crippen LogP contribution in [0.1, 0.15) is 6.92 Å². The molecule has 2 N–H and O–H groups in total. The number of anilines is 1. The van der Waals surface area contributed by atoms with E-state index in [2.05, 4.69) is 5.32 Å². The zero-order valence-electron chi connectivity index (χ0n) is 9.88. The lowest BCUT2D eigenvalue weighted by Gasteiger charge is -2.18. The number of hydrogen-bond acceptors (Lipinski definition) is 3. The Labute approximate surface area is 100 Å². The highest BCUT2D eigenvalue weighted by molar-refractivity contribution is 5.94. The van der Waals surface area contributed by atoms with Crippen molar-refractivity contribution in [2.24, 2.45) is 0 Å². The summed E-state index contributed by atoms with van der Waals surface area (Å²) in [5, 5.41) is 11.3. The van der Waals surface area contributed by atoms with Gasteiger partial charge in [0, 0.05) is 12.7 Å². The van der Waals surface area contributed by atoms with E-state index in [-0.39, 0.29) is 12.5 Å². The fourth-order valence-corrected chi connectivity index (χ4v) is 1.24. The molecule has 0 spiro atoms. The molecular formula is C12H16N2O3. The molecule has 92 valence electrons. The second-order valence-electron chi connectivity index (χ2n) is 3.73. The van der Waals surface area contributed by atoms with Crippen LogP contribution in [0.25, 0.3) is 0 Å². The van der Waals surface area contributed by atoms with Gasteiger partial charge in [-0.1, -0.05) is 18.2 Å². The van der Waals surface area contributed by atoms with E-state index in [0.29, 0.717) is 0 Å². The van der Waals surface area contributed by atoms with Crippen LogP contribution in [0.4, 0.5) is 5.69 Å². The molecule has 0 aliphatic heterocycles. The molecule has 0 bridgehead atoms. The Hall–Kier alpha value is -1.88. The van der Waals surface area contributed by atoms with Crippen LogP contribution in [0.15, 0.2) is 30.3 Å². The topological polar surface area (TPSA) is 69.6 Å². The number of benzene rings is 1. The van der Waals surface area contributed by atoms with Gasteiger partial charge in [0.15, 0.2) is 0 Å². The lowest BCUT2D eigenvalue weighted by atomic mass is 10.3. The molecule has 1 aromatic rings. The normalized spacial score (nSPS) is 11.9. The number of amides is 1. The van der Waals surface area contributed by atoms with Crippen LogP contribution < -0.4 is 10.2 Å². The van der Waals surface area contributed by atoms with E-state index >= 15 is 0 Å². The van der Waals surface area contributed by atoms with Crippen LogP contribution in [-0.2, 0) is 9.59 Å². The molecule has 1 amide bonds. The molecule has 0 saturated heterocycles. The summed E-state index contributed by atoms with van der Waals surface area (Å²) >= 11 is 0. The first-order valence-electron chi connectivity index (χ1n) is 5.30. The number of carbonyl (C=O) groups excluding carboxylic acids is 1. The van der Waals surface area contributed by atoms with Gasteiger partial charge in [0.05, 0.1) is 6.54 Å². The maximum Gasteiger partial charge on any atom is 0.320 e. The summed E-state index contributed by atoms with van der Waals surface area (Å²) in [5.41, 5.74) is 0.780. The molecule has 0 aromatic heterocycles. The van der Waals surface area contributed by atoms with E-state index in [1.807, 2.05) is 30.3 Å². The number of likely N-dealkylation sites (N-methyl/N-ethyl adjacent to an activating group) is 1. The molecule has 1 unspecified atom stereocenters. The molecule has 5 heteroatoms. The summed E-state index contributed by atoms with van der Waals surface area (Å²) in [5.74, 6) is -1.15. The summed E-state index contributed by atoms with van der Waals surface area (Å²) in [6, 6.07) is 8.45. The van der Waals surface area contributed by atoms with Crippen molar-refractivity contribution in [3.8, 4) is 0 Å². The predicted octanol–water partition coefficient (Wildman–Crippen LogP) is 0.712. The Balaban J connectivity index is 2.51. The second-order valence-corrected chi connectivity index (χ2v) is 3.73. The first kappa shape index (κ1) is 13.2. The average molecular weight is 236 g/mol. The van der Waals surface area contributed by atoms with Gasteiger partial charge in [0.1, 0.15) is 6.04 Å². The molecule has 1 atom stereocenters. The van der Waals surface area contributed by atoms with Crippen molar-refractivity contribution in [1.82, 2.24) is 5.32 Å². The fourth-order valence-electron chi connectivity index (χ4n) is 1.24. The molecule has 0 saturated carbocycles. The smallest absolute Gasteiger partial charge is 0.320 e. The van der Waals surface area contributed by atoms with Gasteiger partial charge in [-0.2, -0.15) is 0 Å². The molecule has 1 aromatic carbocycles. The summed E-state index contributed by atoms with van der Waals surface area (Å²) in [6.07, 6.45) is 0. The Morgan fingerprint density at radius 1 is 1.35 bits per heavy atom. The largest absolute Gasteiger partial charge is 0.480 e. The molecule has 1 rings (SSSR count). The van der Waals surface area contributed by atoms with Crippen molar-refractivity contribution < 1.29 is 14.7 Å². The van der Waals surface area contributed by atoms with Crippen LogP contribution in [-0.4, -0.2) is 36.6 Å². The molecule has 0 aliphatic rings. The lowest BCUT2D eigenvalue weighted by molar-refractivity contribution is -0.139. The van der Waals surface area contributed by atoms with Crippen LogP contribution in [0, 0.1) is 0 Å². The van der Waals surface area contributed by atoms with Gasteiger partial charge in [0.25, 0.3) is 0 Å². The summed E-state index contributed by atoms with van der Waals surface area (Å²) in [6.45, 7) is 1.50. The van der Waals surface area contributed by atoms with Gasteiger partial charge >= 0.3 is 5.97 Å². The SMILES string of the molecule is CC(NCC(=O)N(C)c1ccccc1)C(=O)O. The van der Waals surface area contributed by atoms with Crippen molar-refractivity contribution >= 4 is 17.6 Å². The van der Waals surface area contributed by atoms with Gasteiger partial charge in [-0.25, -0.2) is 0 Å². The minimum absolute atomic E-state index is 0.00113. The van der Waals surface area contributed by atoms with E-state index in [4.69, 9.17) is 5.11 Å². The Morgan fingerprint density at radius 3 is 2.47 bits per heavy atom. The highest BCUT2D eigenvalue weighted by Crippen LogP contribution is 2.10. The first-order valence-corrected chi connectivity index (χ1v) is 5.30. The van der Waals surface area contributed by atoms with Crippen LogP contribution in [0.5, 0.6) is 0 Å². The van der Waals surface area contributed by atoms with Gasteiger partial charge < -0.3 is 10.0 Å². The van der Waals surface area contributed by atoms with Crippen molar-refractivity contribution in [2.45, 2.75) is 13.0 Å². The zero-order valence-corrected chi connectivity index (χ0v) is 9.88. The summed E-state index contributed by atoms with van der Waals surface area (Å²) in [4.78, 5) is 23.8. The van der Waals surface area contributed by atoms with E-state index in [0.717, 1.165) is 5.69 Å². The maximum atomic E-state index is 11.7. The fraction of sp³-hybridized carbons (Fsp3) is 0.333. The number of para-hydroxylation sites is 1.